The fraction of sp³-hybridized carbons (Fsp3) is 0.435. The molecule has 1 saturated carbocycles. The van der Waals surface area contributed by atoms with E-state index in [4.69, 9.17) is 4.74 Å². The molecule has 5 nitrogen and oxygen atoms in total. The lowest BCUT2D eigenvalue weighted by Crippen LogP contribution is -2.36. The van der Waals surface area contributed by atoms with Crippen molar-refractivity contribution in [3.8, 4) is 5.75 Å². The van der Waals surface area contributed by atoms with Gasteiger partial charge in [0.25, 0.3) is 0 Å². The van der Waals surface area contributed by atoms with Crippen molar-refractivity contribution in [2.24, 2.45) is 10.9 Å². The Morgan fingerprint density at radius 3 is 2.17 bits per heavy atom. The highest BCUT2D eigenvalue weighted by Gasteiger charge is 2.22. The smallest absolute Gasteiger partial charge is 0.191 e. The number of halogens is 1. The molecule has 0 spiro atoms. The van der Waals surface area contributed by atoms with Gasteiger partial charge in [0.1, 0.15) is 5.75 Å². The summed E-state index contributed by atoms with van der Waals surface area (Å²) in [5, 5.41) is 6.84. The largest absolute Gasteiger partial charge is 0.493 e. The molecule has 0 bridgehead atoms. The van der Waals surface area contributed by atoms with Gasteiger partial charge in [-0.1, -0.05) is 42.5 Å². The highest BCUT2D eigenvalue weighted by Crippen LogP contribution is 2.30. The maximum atomic E-state index is 6.00. The van der Waals surface area contributed by atoms with E-state index in [2.05, 4.69) is 71.0 Å². The predicted molar refractivity (Wildman–Crippen MR) is 131 cm³/mol. The Morgan fingerprint density at radius 1 is 0.966 bits per heavy atom. The lowest BCUT2D eigenvalue weighted by Gasteiger charge is -2.17. The topological polar surface area (TPSA) is 48.9 Å². The van der Waals surface area contributed by atoms with Crippen LogP contribution in [0.2, 0.25) is 0 Å². The number of guanidine groups is 1. The molecule has 158 valence electrons. The third kappa shape index (κ3) is 7.85. The van der Waals surface area contributed by atoms with Crippen LogP contribution in [-0.2, 0) is 19.6 Å². The molecule has 2 aromatic rings. The Kier molecular flexibility index (Phi) is 9.73. The predicted octanol–water partition coefficient (Wildman–Crippen LogP) is 4.02. The van der Waals surface area contributed by atoms with E-state index in [0.717, 1.165) is 42.9 Å². The van der Waals surface area contributed by atoms with Gasteiger partial charge in [-0.15, -0.1) is 24.0 Å². The lowest BCUT2D eigenvalue weighted by atomic mass is 10.1. The van der Waals surface area contributed by atoms with Crippen LogP contribution in [0.1, 0.15) is 29.5 Å². The molecular weight excluding hydrogens is 475 g/mol. The van der Waals surface area contributed by atoms with Crippen molar-refractivity contribution in [2.75, 3.05) is 27.7 Å². The van der Waals surface area contributed by atoms with Gasteiger partial charge in [-0.3, -0.25) is 4.99 Å². The minimum absolute atomic E-state index is 0. The Bertz CT molecular complexity index is 790. The number of nitrogens with one attached hydrogen (secondary N) is 2. The van der Waals surface area contributed by atoms with Crippen LogP contribution in [0.25, 0.3) is 0 Å². The molecule has 1 fully saturated rings. The molecule has 6 heteroatoms. The molecular formula is C23H33IN4O. The Morgan fingerprint density at radius 2 is 1.55 bits per heavy atom. The van der Waals surface area contributed by atoms with E-state index in [9.17, 15) is 0 Å². The first-order valence-corrected chi connectivity index (χ1v) is 10.0. The van der Waals surface area contributed by atoms with Gasteiger partial charge in [0.05, 0.1) is 6.61 Å². The second kappa shape index (κ2) is 12.0. The number of hydrogen-bond donors (Lipinski definition) is 2. The molecule has 1 aliphatic carbocycles. The van der Waals surface area contributed by atoms with Gasteiger partial charge < -0.3 is 20.3 Å². The minimum atomic E-state index is 0. The second-order valence-electron chi connectivity index (χ2n) is 7.65. The van der Waals surface area contributed by atoms with Crippen molar-refractivity contribution in [1.29, 1.82) is 0 Å². The molecule has 2 aromatic carbocycles. The summed E-state index contributed by atoms with van der Waals surface area (Å²) in [7, 11) is 5.98. The zero-order chi connectivity index (χ0) is 19.8. The van der Waals surface area contributed by atoms with Crippen LogP contribution in [0.4, 0.5) is 0 Å². The van der Waals surface area contributed by atoms with Crippen LogP contribution in [0.15, 0.2) is 53.5 Å². The second-order valence-corrected chi connectivity index (χ2v) is 7.65. The van der Waals surface area contributed by atoms with Crippen LogP contribution in [-0.4, -0.2) is 38.6 Å². The maximum absolute atomic E-state index is 6.00. The SMILES string of the molecule is CN=C(NCc1ccccc1CN(C)C)NCc1ccccc1OCC1CC1.I. The maximum Gasteiger partial charge on any atom is 0.191 e. The highest BCUT2D eigenvalue weighted by atomic mass is 127. The number of hydrogen-bond acceptors (Lipinski definition) is 3. The van der Waals surface area contributed by atoms with Crippen molar-refractivity contribution < 1.29 is 4.74 Å². The van der Waals surface area contributed by atoms with Crippen LogP contribution >= 0.6 is 24.0 Å². The van der Waals surface area contributed by atoms with E-state index >= 15 is 0 Å². The summed E-state index contributed by atoms with van der Waals surface area (Å²) in [6.45, 7) is 3.17. The molecule has 0 atom stereocenters. The molecule has 0 amide bonds. The normalized spacial score (nSPS) is 13.7. The lowest BCUT2D eigenvalue weighted by molar-refractivity contribution is 0.296. The zero-order valence-corrected chi connectivity index (χ0v) is 20.0. The summed E-state index contributed by atoms with van der Waals surface area (Å²) in [6.07, 6.45) is 2.60. The first kappa shape index (κ1) is 23.5. The van der Waals surface area contributed by atoms with E-state index in [0.29, 0.717) is 6.54 Å². The van der Waals surface area contributed by atoms with E-state index in [1.165, 1.54) is 24.0 Å². The fourth-order valence-electron chi connectivity index (χ4n) is 3.09. The molecule has 3 rings (SSSR count). The summed E-state index contributed by atoms with van der Waals surface area (Å²) in [6, 6.07) is 16.8. The van der Waals surface area contributed by atoms with Gasteiger partial charge in [0.2, 0.25) is 0 Å². The summed E-state index contributed by atoms with van der Waals surface area (Å²) >= 11 is 0. The Labute approximate surface area is 192 Å². The number of ether oxygens (including phenoxy) is 1. The molecule has 2 N–H and O–H groups in total. The van der Waals surface area contributed by atoms with Crippen LogP contribution in [0.5, 0.6) is 5.75 Å². The average molecular weight is 508 g/mol. The first-order valence-electron chi connectivity index (χ1n) is 10.0. The number of para-hydroxylation sites is 1. The average Bonchev–Trinajstić information content (AvgIpc) is 3.52. The molecule has 1 aliphatic rings. The third-order valence-corrected chi connectivity index (χ3v) is 4.87. The molecule has 0 aliphatic heterocycles. The molecule has 0 aromatic heterocycles. The van der Waals surface area contributed by atoms with Gasteiger partial charge in [0.15, 0.2) is 5.96 Å². The number of aliphatic imine (C=N–C) groups is 1. The van der Waals surface area contributed by atoms with Gasteiger partial charge in [0, 0.05) is 32.2 Å². The van der Waals surface area contributed by atoms with E-state index < -0.39 is 0 Å². The van der Waals surface area contributed by atoms with Crippen LogP contribution < -0.4 is 15.4 Å². The minimum Gasteiger partial charge on any atom is -0.493 e. The zero-order valence-electron chi connectivity index (χ0n) is 17.6. The highest BCUT2D eigenvalue weighted by molar-refractivity contribution is 14.0. The molecule has 0 heterocycles. The molecule has 0 radical (unpaired) electrons. The number of rotatable bonds is 9. The number of nitrogens with zero attached hydrogens (tertiary/aromatic N) is 2. The van der Waals surface area contributed by atoms with Crippen molar-refractivity contribution in [2.45, 2.75) is 32.5 Å². The van der Waals surface area contributed by atoms with Crippen LogP contribution in [0, 0.1) is 5.92 Å². The van der Waals surface area contributed by atoms with Crippen molar-refractivity contribution >= 4 is 29.9 Å². The standard InChI is InChI=1S/C23H32N4O.HI/c1-24-23(25-14-19-8-4-5-10-21(19)16-27(2)3)26-15-20-9-6-7-11-22(20)28-17-18-12-13-18;/h4-11,18H,12-17H2,1-3H3,(H2,24,25,26);1H. The van der Waals surface area contributed by atoms with E-state index in [-0.39, 0.29) is 24.0 Å². The van der Waals surface area contributed by atoms with Crippen LogP contribution in [0.3, 0.4) is 0 Å². The van der Waals surface area contributed by atoms with Crippen molar-refractivity contribution in [1.82, 2.24) is 15.5 Å². The van der Waals surface area contributed by atoms with E-state index in [1.807, 2.05) is 12.1 Å². The summed E-state index contributed by atoms with van der Waals surface area (Å²) in [5.41, 5.74) is 3.76. The van der Waals surface area contributed by atoms with Gasteiger partial charge in [-0.05, 0) is 50.0 Å². The Balaban J connectivity index is 0.00000300. The first-order chi connectivity index (χ1) is 13.7. The van der Waals surface area contributed by atoms with Gasteiger partial charge >= 0.3 is 0 Å². The summed E-state index contributed by atoms with van der Waals surface area (Å²) in [5.74, 6) is 2.50. The van der Waals surface area contributed by atoms with Gasteiger partial charge in [-0.25, -0.2) is 0 Å². The van der Waals surface area contributed by atoms with E-state index in [1.54, 1.807) is 7.05 Å². The monoisotopic (exact) mass is 508 g/mol. The molecule has 0 unspecified atom stereocenters. The van der Waals surface area contributed by atoms with Gasteiger partial charge in [-0.2, -0.15) is 0 Å². The summed E-state index contributed by atoms with van der Waals surface area (Å²) < 4.78 is 6.00. The molecule has 0 saturated heterocycles. The van der Waals surface area contributed by atoms with Crippen molar-refractivity contribution in [3.05, 3.63) is 65.2 Å². The third-order valence-electron chi connectivity index (χ3n) is 4.87. The summed E-state index contributed by atoms with van der Waals surface area (Å²) in [4.78, 5) is 6.55. The number of benzene rings is 2. The Hall–Kier alpha value is -1.80. The molecule has 29 heavy (non-hydrogen) atoms. The fourth-order valence-corrected chi connectivity index (χ4v) is 3.09. The quantitative estimate of drug-likeness (QED) is 0.305. The van der Waals surface area contributed by atoms with Crippen molar-refractivity contribution in [3.63, 3.8) is 0 Å².